The number of pyridine rings is 1. The fraction of sp³-hybridized carbons (Fsp3) is 0.250. The molecule has 0 aliphatic carbocycles. The van der Waals surface area contributed by atoms with E-state index in [9.17, 15) is 13.6 Å². The van der Waals surface area contributed by atoms with Gasteiger partial charge in [-0.25, -0.2) is 18.6 Å². The van der Waals surface area contributed by atoms with E-state index in [0.29, 0.717) is 22.3 Å². The monoisotopic (exact) mass is 418 g/mol. The molecule has 0 fully saturated rings. The summed E-state index contributed by atoms with van der Waals surface area (Å²) >= 11 is 1.19. The van der Waals surface area contributed by atoms with E-state index in [-0.39, 0.29) is 12.5 Å². The average molecular weight is 418 g/mol. The Morgan fingerprint density at radius 3 is 2.55 bits per heavy atom. The summed E-state index contributed by atoms with van der Waals surface area (Å²) < 4.78 is 34.2. The van der Waals surface area contributed by atoms with Crippen LogP contribution < -0.4 is 5.73 Å². The first kappa shape index (κ1) is 20.8. The van der Waals surface area contributed by atoms with Crippen LogP contribution in [0.25, 0.3) is 0 Å². The topological polar surface area (TPSA) is 83.0 Å². The number of ether oxygens (including phenoxy) is 1. The molecule has 0 radical (unpaired) electrons. The number of amides is 1. The van der Waals surface area contributed by atoms with Gasteiger partial charge in [-0.15, -0.1) is 0 Å². The van der Waals surface area contributed by atoms with E-state index >= 15 is 0 Å². The molecule has 0 unspecified atom stereocenters. The third kappa shape index (κ3) is 5.32. The second-order valence-corrected chi connectivity index (χ2v) is 7.66. The maximum absolute atomic E-state index is 13.7. The molecule has 2 aromatic heterocycles. The minimum absolute atomic E-state index is 0.0215. The minimum Gasteiger partial charge on any atom is -0.442 e. The highest BCUT2D eigenvalue weighted by Gasteiger charge is 2.22. The van der Waals surface area contributed by atoms with Crippen LogP contribution in [-0.2, 0) is 17.9 Å². The molecular weight excluding hydrogens is 398 g/mol. The van der Waals surface area contributed by atoms with Crippen LogP contribution >= 0.6 is 11.8 Å². The Labute approximate surface area is 171 Å². The standard InChI is InChI=1S/C20H20F2N4O2S/c1-12(2)18-19(29-16-8-13(21)7-14(22)9-16)26(10-15-5-3-4-6-24-15)17(25-18)11-28-20(23)27/h3-9,12H,10-11H2,1-2H3,(H2,23,27). The molecule has 9 heteroatoms. The van der Waals surface area contributed by atoms with Crippen LogP contribution in [0.3, 0.4) is 0 Å². The smallest absolute Gasteiger partial charge is 0.404 e. The quantitative estimate of drug-likeness (QED) is 0.612. The predicted molar refractivity (Wildman–Crippen MR) is 105 cm³/mol. The van der Waals surface area contributed by atoms with E-state index in [2.05, 4.69) is 9.97 Å². The van der Waals surface area contributed by atoms with E-state index in [1.165, 1.54) is 23.9 Å². The molecule has 2 N–H and O–H groups in total. The van der Waals surface area contributed by atoms with Crippen LogP contribution in [0.1, 0.15) is 37.0 Å². The lowest BCUT2D eigenvalue weighted by molar-refractivity contribution is 0.145. The van der Waals surface area contributed by atoms with Gasteiger partial charge < -0.3 is 15.0 Å². The van der Waals surface area contributed by atoms with Gasteiger partial charge in [0.25, 0.3) is 0 Å². The summed E-state index contributed by atoms with van der Waals surface area (Å²) in [7, 11) is 0. The highest BCUT2D eigenvalue weighted by atomic mass is 32.2. The lowest BCUT2D eigenvalue weighted by Gasteiger charge is -2.13. The van der Waals surface area contributed by atoms with Crippen LogP contribution in [0, 0.1) is 11.6 Å². The molecular formula is C20H20F2N4O2S. The number of halogens is 2. The largest absolute Gasteiger partial charge is 0.442 e. The van der Waals surface area contributed by atoms with Gasteiger partial charge in [-0.2, -0.15) is 0 Å². The first-order chi connectivity index (χ1) is 13.8. The molecule has 0 aliphatic rings. The van der Waals surface area contributed by atoms with Crippen LogP contribution in [0.15, 0.2) is 52.5 Å². The Kier molecular flexibility index (Phi) is 6.48. The van der Waals surface area contributed by atoms with Crippen molar-refractivity contribution < 1.29 is 18.3 Å². The number of hydrogen-bond acceptors (Lipinski definition) is 5. The van der Waals surface area contributed by atoms with Crippen molar-refractivity contribution in [2.75, 3.05) is 0 Å². The summed E-state index contributed by atoms with van der Waals surface area (Å²) in [4.78, 5) is 20.4. The molecule has 0 saturated carbocycles. The van der Waals surface area contributed by atoms with E-state index in [1.54, 1.807) is 12.3 Å². The number of primary amides is 1. The number of rotatable bonds is 7. The van der Waals surface area contributed by atoms with Gasteiger partial charge in [-0.05, 0) is 30.2 Å². The third-order valence-electron chi connectivity index (χ3n) is 4.01. The molecule has 0 aliphatic heterocycles. The Morgan fingerprint density at radius 1 is 1.24 bits per heavy atom. The molecule has 29 heavy (non-hydrogen) atoms. The van der Waals surface area contributed by atoms with Gasteiger partial charge in [0.15, 0.2) is 6.61 Å². The van der Waals surface area contributed by atoms with Crippen molar-refractivity contribution in [3.8, 4) is 0 Å². The third-order valence-corrected chi connectivity index (χ3v) is 5.11. The molecule has 3 aromatic rings. The van der Waals surface area contributed by atoms with Gasteiger partial charge in [0.2, 0.25) is 0 Å². The molecule has 0 bridgehead atoms. The summed E-state index contributed by atoms with van der Waals surface area (Å²) in [5.74, 6) is -0.830. The van der Waals surface area contributed by atoms with Crippen molar-refractivity contribution in [2.45, 2.75) is 42.8 Å². The summed E-state index contributed by atoms with van der Waals surface area (Å²) in [5.41, 5.74) is 6.58. The maximum atomic E-state index is 13.7. The van der Waals surface area contributed by atoms with Gasteiger partial charge >= 0.3 is 6.09 Å². The fourth-order valence-corrected chi connectivity index (χ4v) is 3.98. The van der Waals surface area contributed by atoms with Gasteiger partial charge in [-0.3, -0.25) is 4.98 Å². The summed E-state index contributed by atoms with van der Waals surface area (Å²) in [6.45, 7) is 4.14. The average Bonchev–Trinajstić information content (AvgIpc) is 2.97. The molecule has 0 saturated heterocycles. The number of aromatic nitrogens is 3. The van der Waals surface area contributed by atoms with Gasteiger partial charge in [0.05, 0.1) is 17.9 Å². The predicted octanol–water partition coefficient (Wildman–Crippen LogP) is 4.47. The van der Waals surface area contributed by atoms with E-state index in [4.69, 9.17) is 10.5 Å². The molecule has 0 atom stereocenters. The highest BCUT2D eigenvalue weighted by molar-refractivity contribution is 7.99. The zero-order valence-electron chi connectivity index (χ0n) is 15.9. The summed E-state index contributed by atoms with van der Waals surface area (Å²) in [6.07, 6.45) is 0.758. The lowest BCUT2D eigenvalue weighted by atomic mass is 10.1. The first-order valence-corrected chi connectivity index (χ1v) is 9.70. The summed E-state index contributed by atoms with van der Waals surface area (Å²) in [6, 6.07) is 8.86. The fourth-order valence-electron chi connectivity index (χ4n) is 2.75. The Hall–Kier alpha value is -2.94. The van der Waals surface area contributed by atoms with Crippen molar-refractivity contribution in [3.63, 3.8) is 0 Å². The van der Waals surface area contributed by atoms with Crippen LogP contribution in [0.4, 0.5) is 13.6 Å². The first-order valence-electron chi connectivity index (χ1n) is 8.89. The van der Waals surface area contributed by atoms with Crippen molar-refractivity contribution >= 4 is 17.9 Å². The molecule has 152 valence electrons. The van der Waals surface area contributed by atoms with Crippen LogP contribution in [0.2, 0.25) is 0 Å². The van der Waals surface area contributed by atoms with Gasteiger partial charge in [0, 0.05) is 17.2 Å². The van der Waals surface area contributed by atoms with Crippen molar-refractivity contribution in [3.05, 3.63) is 71.4 Å². The minimum atomic E-state index is -0.912. The Balaban J connectivity index is 2.08. The number of nitrogens with two attached hydrogens (primary N) is 1. The second-order valence-electron chi connectivity index (χ2n) is 6.60. The van der Waals surface area contributed by atoms with Gasteiger partial charge in [-0.1, -0.05) is 31.7 Å². The molecule has 0 spiro atoms. The molecule has 6 nitrogen and oxygen atoms in total. The van der Waals surface area contributed by atoms with Gasteiger partial charge in [0.1, 0.15) is 22.5 Å². The molecule has 2 heterocycles. The number of benzene rings is 1. The number of carbonyl (C=O) groups is 1. The van der Waals surface area contributed by atoms with E-state index in [0.717, 1.165) is 17.5 Å². The SMILES string of the molecule is CC(C)c1nc(COC(N)=O)n(Cc2ccccn2)c1Sc1cc(F)cc(F)c1. The lowest BCUT2D eigenvalue weighted by Crippen LogP contribution is -2.16. The normalized spacial score (nSPS) is 11.1. The second kappa shape index (κ2) is 9.04. The van der Waals surface area contributed by atoms with Crippen LogP contribution in [-0.4, -0.2) is 20.6 Å². The number of carbonyl (C=O) groups excluding carboxylic acids is 1. The van der Waals surface area contributed by atoms with Crippen molar-refractivity contribution in [2.24, 2.45) is 5.73 Å². The number of nitrogens with zero attached hydrogens (tertiary/aromatic N) is 3. The van der Waals surface area contributed by atoms with Crippen molar-refractivity contribution in [1.82, 2.24) is 14.5 Å². The maximum Gasteiger partial charge on any atom is 0.404 e. The molecule has 3 rings (SSSR count). The Morgan fingerprint density at radius 2 is 1.97 bits per heavy atom. The summed E-state index contributed by atoms with van der Waals surface area (Å²) in [5, 5.41) is 0.693. The number of imidazole rings is 1. The zero-order valence-corrected chi connectivity index (χ0v) is 16.7. The Bertz CT molecular complexity index is 989. The zero-order chi connectivity index (χ0) is 21.0. The van der Waals surface area contributed by atoms with E-state index < -0.39 is 17.7 Å². The molecule has 1 aromatic carbocycles. The number of hydrogen-bond donors (Lipinski definition) is 1. The van der Waals surface area contributed by atoms with Crippen LogP contribution in [0.5, 0.6) is 0 Å². The van der Waals surface area contributed by atoms with E-state index in [1.807, 2.05) is 30.5 Å². The molecule has 1 amide bonds. The van der Waals surface area contributed by atoms with Crippen molar-refractivity contribution in [1.29, 1.82) is 0 Å². The highest BCUT2D eigenvalue weighted by Crippen LogP contribution is 2.36.